The maximum atomic E-state index is 11.0. The maximum absolute atomic E-state index is 11.0. The topological polar surface area (TPSA) is 37.3 Å². The lowest BCUT2D eigenvalue weighted by Gasteiger charge is -2.03. The number of hydrogen-bond donors (Lipinski definition) is 1. The standard InChI is InChI=1S/C7H8ClO2P/c1-11(9,10)7-4-2-6(8)3-5-7/h2-5H,1H3,(H,9,10). The molecular formula is C7H8ClO2P. The molecule has 0 saturated heterocycles. The Balaban J connectivity index is 3.09. The predicted molar refractivity (Wildman–Crippen MR) is 46.8 cm³/mol. The zero-order valence-electron chi connectivity index (χ0n) is 5.99. The molecule has 1 N–H and O–H groups in total. The third-order valence-corrected chi connectivity index (χ3v) is 2.81. The number of benzene rings is 1. The third-order valence-electron chi connectivity index (χ3n) is 1.31. The minimum atomic E-state index is -3.10. The fourth-order valence-electron chi connectivity index (χ4n) is 0.718. The van der Waals surface area contributed by atoms with Gasteiger partial charge >= 0.3 is 0 Å². The monoisotopic (exact) mass is 190 g/mol. The molecule has 1 aromatic rings. The molecule has 0 spiro atoms. The first-order chi connectivity index (χ1) is 5.00. The van der Waals surface area contributed by atoms with Crippen molar-refractivity contribution in [2.45, 2.75) is 0 Å². The summed E-state index contributed by atoms with van der Waals surface area (Å²) in [6, 6.07) is 6.32. The molecule has 0 amide bonds. The Hall–Kier alpha value is -0.300. The van der Waals surface area contributed by atoms with Gasteiger partial charge in [0.05, 0.1) is 0 Å². The van der Waals surface area contributed by atoms with Crippen LogP contribution in [0.4, 0.5) is 0 Å². The van der Waals surface area contributed by atoms with Crippen molar-refractivity contribution in [1.82, 2.24) is 0 Å². The Morgan fingerprint density at radius 2 is 1.82 bits per heavy atom. The van der Waals surface area contributed by atoms with Gasteiger partial charge in [-0.3, -0.25) is 4.57 Å². The fraction of sp³-hybridized carbons (Fsp3) is 0.143. The molecule has 0 saturated carbocycles. The van der Waals surface area contributed by atoms with Gasteiger partial charge in [-0.2, -0.15) is 0 Å². The highest BCUT2D eigenvalue weighted by Crippen LogP contribution is 2.33. The molecule has 0 heterocycles. The molecule has 0 fully saturated rings. The van der Waals surface area contributed by atoms with Crippen LogP contribution in [0.15, 0.2) is 24.3 Å². The Kier molecular flexibility index (Phi) is 2.38. The van der Waals surface area contributed by atoms with Crippen molar-refractivity contribution in [3.8, 4) is 0 Å². The summed E-state index contributed by atoms with van der Waals surface area (Å²) in [5, 5.41) is 1.00. The molecule has 11 heavy (non-hydrogen) atoms. The van der Waals surface area contributed by atoms with Gasteiger partial charge in [0.2, 0.25) is 7.37 Å². The van der Waals surface area contributed by atoms with Gasteiger partial charge in [-0.05, 0) is 24.3 Å². The van der Waals surface area contributed by atoms with E-state index in [-0.39, 0.29) is 0 Å². The van der Waals surface area contributed by atoms with Crippen LogP contribution in [0.5, 0.6) is 0 Å². The van der Waals surface area contributed by atoms with E-state index in [9.17, 15) is 4.57 Å². The van der Waals surface area contributed by atoms with E-state index in [1.165, 1.54) is 6.66 Å². The van der Waals surface area contributed by atoms with Gasteiger partial charge in [0, 0.05) is 17.0 Å². The van der Waals surface area contributed by atoms with Crippen LogP contribution in [0.1, 0.15) is 0 Å². The van der Waals surface area contributed by atoms with E-state index >= 15 is 0 Å². The fourth-order valence-corrected chi connectivity index (χ4v) is 1.55. The van der Waals surface area contributed by atoms with Crippen molar-refractivity contribution < 1.29 is 9.46 Å². The van der Waals surface area contributed by atoms with Gasteiger partial charge in [0.25, 0.3) is 0 Å². The Morgan fingerprint density at radius 3 is 2.18 bits per heavy atom. The summed E-state index contributed by atoms with van der Waals surface area (Å²) in [6.07, 6.45) is 0. The Labute approximate surface area is 70.3 Å². The van der Waals surface area contributed by atoms with Gasteiger partial charge in [-0.25, -0.2) is 0 Å². The first-order valence-corrected chi connectivity index (χ1v) is 5.55. The SMILES string of the molecule is CP(=O)(O)c1ccc(Cl)cc1. The molecular weight excluding hydrogens is 183 g/mol. The minimum absolute atomic E-state index is 0.432. The average molecular weight is 191 g/mol. The summed E-state index contributed by atoms with van der Waals surface area (Å²) in [4.78, 5) is 9.09. The van der Waals surface area contributed by atoms with E-state index in [1.54, 1.807) is 24.3 Å². The highest BCUT2D eigenvalue weighted by atomic mass is 35.5. The quantitative estimate of drug-likeness (QED) is 0.687. The molecule has 4 heteroatoms. The smallest absolute Gasteiger partial charge is 0.226 e. The highest BCUT2D eigenvalue weighted by molar-refractivity contribution is 7.65. The van der Waals surface area contributed by atoms with E-state index in [1.807, 2.05) is 0 Å². The van der Waals surface area contributed by atoms with E-state index in [0.29, 0.717) is 10.3 Å². The normalized spacial score (nSPS) is 15.9. The molecule has 0 bridgehead atoms. The van der Waals surface area contributed by atoms with Crippen LogP contribution in [0.3, 0.4) is 0 Å². The van der Waals surface area contributed by atoms with Crippen molar-refractivity contribution >= 4 is 24.3 Å². The summed E-state index contributed by atoms with van der Waals surface area (Å²) in [7, 11) is -3.10. The van der Waals surface area contributed by atoms with Crippen LogP contribution < -0.4 is 5.30 Å². The van der Waals surface area contributed by atoms with Crippen molar-refractivity contribution in [2.24, 2.45) is 0 Å². The van der Waals surface area contributed by atoms with Crippen molar-refractivity contribution in [2.75, 3.05) is 6.66 Å². The lowest BCUT2D eigenvalue weighted by molar-refractivity contribution is 0.496. The zero-order chi connectivity index (χ0) is 8.48. The molecule has 1 aromatic carbocycles. The lowest BCUT2D eigenvalue weighted by Crippen LogP contribution is -2.01. The van der Waals surface area contributed by atoms with Crippen LogP contribution in [0.25, 0.3) is 0 Å². The van der Waals surface area contributed by atoms with Crippen LogP contribution in [0, 0.1) is 0 Å². The summed E-state index contributed by atoms with van der Waals surface area (Å²) < 4.78 is 11.0. The number of hydrogen-bond acceptors (Lipinski definition) is 1. The highest BCUT2D eigenvalue weighted by Gasteiger charge is 2.11. The molecule has 2 nitrogen and oxygen atoms in total. The maximum Gasteiger partial charge on any atom is 0.226 e. The van der Waals surface area contributed by atoms with Crippen LogP contribution >= 0.6 is 19.0 Å². The molecule has 0 aliphatic heterocycles. The molecule has 0 aliphatic rings. The molecule has 0 aromatic heterocycles. The van der Waals surface area contributed by atoms with Gasteiger partial charge < -0.3 is 4.89 Å². The average Bonchev–Trinajstić information content (AvgIpc) is 1.86. The molecule has 1 atom stereocenters. The third kappa shape index (κ3) is 2.33. The van der Waals surface area contributed by atoms with Crippen LogP contribution in [0.2, 0.25) is 5.02 Å². The van der Waals surface area contributed by atoms with Crippen LogP contribution in [-0.4, -0.2) is 11.6 Å². The van der Waals surface area contributed by atoms with E-state index in [2.05, 4.69) is 0 Å². The van der Waals surface area contributed by atoms with E-state index < -0.39 is 7.37 Å². The minimum Gasteiger partial charge on any atom is -0.341 e. The van der Waals surface area contributed by atoms with Crippen LogP contribution in [-0.2, 0) is 4.57 Å². The first-order valence-electron chi connectivity index (χ1n) is 3.06. The van der Waals surface area contributed by atoms with Gasteiger partial charge in [-0.1, -0.05) is 11.6 Å². The molecule has 0 aliphatic carbocycles. The Morgan fingerprint density at radius 1 is 1.36 bits per heavy atom. The second kappa shape index (κ2) is 2.98. The van der Waals surface area contributed by atoms with Gasteiger partial charge in [-0.15, -0.1) is 0 Å². The zero-order valence-corrected chi connectivity index (χ0v) is 7.64. The van der Waals surface area contributed by atoms with E-state index in [4.69, 9.17) is 16.5 Å². The molecule has 60 valence electrons. The molecule has 1 unspecified atom stereocenters. The van der Waals surface area contributed by atoms with Gasteiger partial charge in [0.15, 0.2) is 0 Å². The summed E-state index contributed by atoms with van der Waals surface area (Å²) >= 11 is 5.59. The second-order valence-electron chi connectivity index (χ2n) is 2.36. The molecule has 1 rings (SSSR count). The summed E-state index contributed by atoms with van der Waals surface area (Å²) in [5.74, 6) is 0. The van der Waals surface area contributed by atoms with Gasteiger partial charge in [0.1, 0.15) is 0 Å². The number of rotatable bonds is 1. The van der Waals surface area contributed by atoms with Crippen molar-refractivity contribution in [3.05, 3.63) is 29.3 Å². The summed E-state index contributed by atoms with van der Waals surface area (Å²) in [6.45, 7) is 1.30. The second-order valence-corrected chi connectivity index (χ2v) is 5.07. The summed E-state index contributed by atoms with van der Waals surface area (Å²) in [5.41, 5.74) is 0. The largest absolute Gasteiger partial charge is 0.341 e. The van der Waals surface area contributed by atoms with Crippen molar-refractivity contribution in [3.63, 3.8) is 0 Å². The van der Waals surface area contributed by atoms with E-state index in [0.717, 1.165) is 0 Å². The predicted octanol–water partition coefficient (Wildman–Crippen LogP) is 1.87. The first kappa shape index (κ1) is 8.79. The number of halogens is 1. The molecule has 0 radical (unpaired) electrons. The van der Waals surface area contributed by atoms with Crippen molar-refractivity contribution in [1.29, 1.82) is 0 Å². The lowest BCUT2D eigenvalue weighted by atomic mass is 10.4. The Bertz CT molecular complexity index is 288.